The van der Waals surface area contributed by atoms with E-state index in [1.54, 1.807) is 0 Å². The van der Waals surface area contributed by atoms with Gasteiger partial charge in [-0.2, -0.15) is 0 Å². The van der Waals surface area contributed by atoms with Gasteiger partial charge in [0, 0.05) is 5.57 Å². The van der Waals surface area contributed by atoms with Crippen molar-refractivity contribution >= 4 is 23.9 Å². The summed E-state index contributed by atoms with van der Waals surface area (Å²) in [5.41, 5.74) is 0.681. The molecule has 1 rings (SSSR count). The summed E-state index contributed by atoms with van der Waals surface area (Å²) in [4.78, 5) is 68.9. The number of allylic oxidation sites excluding steroid dienone is 1. The van der Waals surface area contributed by atoms with Gasteiger partial charge in [-0.3, -0.25) is 0 Å². The van der Waals surface area contributed by atoms with Gasteiger partial charge in [0.05, 0.1) is 19.3 Å². The van der Waals surface area contributed by atoms with Crippen LogP contribution in [0.15, 0.2) is 11.6 Å². The maximum absolute atomic E-state index is 13.1. The van der Waals surface area contributed by atoms with Crippen molar-refractivity contribution in [2.45, 2.75) is 239 Å². The first-order chi connectivity index (χ1) is 25.9. The zero-order valence-corrected chi connectivity index (χ0v) is 34.5. The molecular formula is C45H80O8. The lowest BCUT2D eigenvalue weighted by atomic mass is 9.78. The van der Waals surface area contributed by atoms with E-state index in [4.69, 9.17) is 19.6 Å². The molecule has 2 unspecified atom stereocenters. The Morgan fingerprint density at radius 3 is 1.21 bits per heavy atom. The molecular weight excluding hydrogens is 668 g/mol. The van der Waals surface area contributed by atoms with E-state index in [0.717, 1.165) is 103 Å². The van der Waals surface area contributed by atoms with Crippen molar-refractivity contribution in [2.75, 3.05) is 0 Å². The Hall–Kier alpha value is -2.38. The molecule has 0 N–H and O–H groups in total. The van der Waals surface area contributed by atoms with Crippen molar-refractivity contribution in [2.24, 2.45) is 11.8 Å². The van der Waals surface area contributed by atoms with Gasteiger partial charge in [0.2, 0.25) is 0 Å². The Morgan fingerprint density at radius 1 is 0.434 bits per heavy atom. The second-order valence-corrected chi connectivity index (χ2v) is 15.7. The predicted octanol–water partition coefficient (Wildman–Crippen LogP) is 13.5. The van der Waals surface area contributed by atoms with Gasteiger partial charge in [-0.25, -0.2) is 38.7 Å². The molecule has 8 heteroatoms. The largest absolute Gasteiger partial charge is 0.382 e. The summed E-state index contributed by atoms with van der Waals surface area (Å²) in [6.07, 6.45) is 37.2. The highest BCUT2D eigenvalue weighted by Crippen LogP contribution is 2.35. The van der Waals surface area contributed by atoms with E-state index < -0.39 is 23.9 Å². The molecule has 0 heterocycles. The SMILES string of the molecule is CCCCCCCCCCCC(=O)OOC(=O)CCCCCCCCC1CCC(CCCCC)C=C1C(=O)OOC(=O)CCCCCCCCCCC. The Labute approximate surface area is 324 Å². The van der Waals surface area contributed by atoms with Crippen LogP contribution in [0, 0.1) is 11.8 Å². The minimum Gasteiger partial charge on any atom is -0.247 e. The van der Waals surface area contributed by atoms with Crippen molar-refractivity contribution in [1.29, 1.82) is 0 Å². The average molecular weight is 749 g/mol. The second kappa shape index (κ2) is 35.3. The fourth-order valence-corrected chi connectivity index (χ4v) is 7.34. The van der Waals surface area contributed by atoms with Crippen LogP contribution < -0.4 is 0 Å². The quantitative estimate of drug-likeness (QED) is 0.0364. The molecule has 1 aliphatic rings. The van der Waals surface area contributed by atoms with Crippen molar-refractivity contribution in [3.8, 4) is 0 Å². The molecule has 0 aromatic rings. The van der Waals surface area contributed by atoms with E-state index in [-0.39, 0.29) is 25.2 Å². The number of carbonyl (C=O) groups excluding carboxylic acids is 4. The minimum atomic E-state index is -0.503. The molecule has 53 heavy (non-hydrogen) atoms. The van der Waals surface area contributed by atoms with Crippen molar-refractivity contribution in [1.82, 2.24) is 0 Å². The normalized spacial score (nSPS) is 15.5. The van der Waals surface area contributed by atoms with Crippen LogP contribution in [0.3, 0.4) is 0 Å². The summed E-state index contributed by atoms with van der Waals surface area (Å²) in [5.74, 6) is -1.44. The highest BCUT2D eigenvalue weighted by Gasteiger charge is 2.29. The molecule has 308 valence electrons. The molecule has 0 fully saturated rings. The molecule has 2 atom stereocenters. The molecule has 8 nitrogen and oxygen atoms in total. The Morgan fingerprint density at radius 2 is 0.774 bits per heavy atom. The lowest BCUT2D eigenvalue weighted by molar-refractivity contribution is -0.259. The van der Waals surface area contributed by atoms with Crippen molar-refractivity contribution < 1.29 is 38.7 Å². The lowest BCUT2D eigenvalue weighted by Gasteiger charge is -2.27. The number of carbonyl (C=O) groups is 4. The summed E-state index contributed by atoms with van der Waals surface area (Å²) in [7, 11) is 0. The third kappa shape index (κ3) is 28.7. The monoisotopic (exact) mass is 749 g/mol. The van der Waals surface area contributed by atoms with Gasteiger partial charge in [0.25, 0.3) is 0 Å². The van der Waals surface area contributed by atoms with E-state index in [0.29, 0.717) is 17.9 Å². The zero-order chi connectivity index (χ0) is 38.6. The number of hydrogen-bond donors (Lipinski definition) is 0. The molecule has 0 amide bonds. The molecule has 0 saturated heterocycles. The summed E-state index contributed by atoms with van der Waals surface area (Å²) in [5, 5.41) is 0. The van der Waals surface area contributed by atoms with E-state index in [2.05, 4.69) is 26.8 Å². The van der Waals surface area contributed by atoms with E-state index in [9.17, 15) is 19.2 Å². The van der Waals surface area contributed by atoms with Crippen LogP contribution in [0.25, 0.3) is 0 Å². The third-order valence-corrected chi connectivity index (χ3v) is 10.7. The smallest absolute Gasteiger partial charge is 0.247 e. The van der Waals surface area contributed by atoms with Gasteiger partial charge in [-0.05, 0) is 56.8 Å². The van der Waals surface area contributed by atoms with Crippen LogP contribution in [-0.2, 0) is 38.7 Å². The van der Waals surface area contributed by atoms with Crippen LogP contribution in [0.1, 0.15) is 239 Å². The summed E-state index contributed by atoms with van der Waals surface area (Å²) in [6, 6.07) is 0. The molecule has 0 bridgehead atoms. The zero-order valence-electron chi connectivity index (χ0n) is 34.5. The molecule has 0 aromatic heterocycles. The maximum atomic E-state index is 13.1. The molecule has 0 spiro atoms. The number of rotatable bonds is 34. The first-order valence-electron chi connectivity index (χ1n) is 22.4. The molecule has 0 aliphatic heterocycles. The van der Waals surface area contributed by atoms with Gasteiger partial charge in [-0.15, -0.1) is 0 Å². The fraction of sp³-hybridized carbons (Fsp3) is 0.867. The van der Waals surface area contributed by atoms with Gasteiger partial charge >= 0.3 is 23.9 Å². The molecule has 1 aliphatic carbocycles. The van der Waals surface area contributed by atoms with Crippen molar-refractivity contribution in [3.05, 3.63) is 11.6 Å². The molecule has 0 saturated carbocycles. The Bertz CT molecular complexity index is 960. The van der Waals surface area contributed by atoms with Gasteiger partial charge in [0.15, 0.2) is 0 Å². The molecule has 0 radical (unpaired) electrons. The first-order valence-corrected chi connectivity index (χ1v) is 22.4. The summed E-state index contributed by atoms with van der Waals surface area (Å²) >= 11 is 0. The highest BCUT2D eigenvalue weighted by molar-refractivity contribution is 5.89. The number of unbranched alkanes of at least 4 members (excludes halogenated alkanes) is 23. The van der Waals surface area contributed by atoms with Gasteiger partial charge < -0.3 is 0 Å². The van der Waals surface area contributed by atoms with Crippen molar-refractivity contribution in [3.63, 3.8) is 0 Å². The fourth-order valence-electron chi connectivity index (χ4n) is 7.34. The van der Waals surface area contributed by atoms with Gasteiger partial charge in [-0.1, -0.05) is 181 Å². The van der Waals surface area contributed by atoms with E-state index in [1.165, 1.54) is 89.9 Å². The van der Waals surface area contributed by atoms with Crippen LogP contribution in [0.4, 0.5) is 0 Å². The van der Waals surface area contributed by atoms with Crippen LogP contribution >= 0.6 is 0 Å². The first kappa shape index (κ1) is 48.6. The van der Waals surface area contributed by atoms with Gasteiger partial charge in [0.1, 0.15) is 0 Å². The Balaban J connectivity index is 2.24. The highest BCUT2D eigenvalue weighted by atomic mass is 17.2. The topological polar surface area (TPSA) is 105 Å². The van der Waals surface area contributed by atoms with E-state index >= 15 is 0 Å². The third-order valence-electron chi connectivity index (χ3n) is 10.7. The predicted molar refractivity (Wildman–Crippen MR) is 213 cm³/mol. The number of hydrogen-bond acceptors (Lipinski definition) is 8. The van der Waals surface area contributed by atoms with Crippen LogP contribution in [0.5, 0.6) is 0 Å². The summed E-state index contributed by atoms with van der Waals surface area (Å²) < 4.78 is 0. The minimum absolute atomic E-state index is 0.124. The standard InChI is InChI=1S/C45H80O8/c1-4-7-10-12-14-16-18-23-28-33-42(46)50-51-43(47)34-29-25-21-20-22-27-32-40-37-36-39(31-26-9-6-3)38-41(40)45(49)53-52-44(48)35-30-24-19-17-15-13-11-8-5-2/h38-40H,4-37H2,1-3H3. The van der Waals surface area contributed by atoms with E-state index in [1.807, 2.05) is 0 Å². The molecule has 0 aromatic carbocycles. The summed E-state index contributed by atoms with van der Waals surface area (Å²) in [6.45, 7) is 6.65. The second-order valence-electron chi connectivity index (χ2n) is 15.7. The average Bonchev–Trinajstić information content (AvgIpc) is 3.16. The lowest BCUT2D eigenvalue weighted by Crippen LogP contribution is -2.23. The Kier molecular flexibility index (Phi) is 32.4. The van der Waals surface area contributed by atoms with Crippen LogP contribution in [-0.4, -0.2) is 23.9 Å². The van der Waals surface area contributed by atoms with Crippen LogP contribution in [0.2, 0.25) is 0 Å². The maximum Gasteiger partial charge on any atom is 0.382 e.